The molecule has 0 aromatic heterocycles. The molecule has 1 aliphatic heterocycles. The third kappa shape index (κ3) is 4.00. The van der Waals surface area contributed by atoms with E-state index < -0.39 is 20.7 Å². The molecule has 0 aliphatic carbocycles. The van der Waals surface area contributed by atoms with Crippen molar-refractivity contribution in [2.75, 3.05) is 13.1 Å². The number of piperidine rings is 1. The van der Waals surface area contributed by atoms with E-state index in [0.29, 0.717) is 30.8 Å². The molecule has 2 rings (SSSR count). The molecule has 0 unspecified atom stereocenters. The molecule has 0 spiro atoms. The van der Waals surface area contributed by atoms with Gasteiger partial charge in [0.1, 0.15) is 5.60 Å². The summed E-state index contributed by atoms with van der Waals surface area (Å²) in [6, 6.07) is 8.49. The van der Waals surface area contributed by atoms with Crippen LogP contribution in [0, 0.1) is 0 Å². The van der Waals surface area contributed by atoms with Gasteiger partial charge in [0.25, 0.3) is 0 Å². The second-order valence-corrected chi connectivity index (χ2v) is 8.75. The maximum atomic E-state index is 12.6. The molecule has 0 atom stereocenters. The van der Waals surface area contributed by atoms with Crippen molar-refractivity contribution in [2.45, 2.75) is 49.4 Å². The number of hydrogen-bond donors (Lipinski definition) is 0. The van der Waals surface area contributed by atoms with Gasteiger partial charge < -0.3 is 9.64 Å². The Hall–Kier alpha value is -1.56. The molecular weight excluding hydrogens is 302 g/mol. The Kier molecular flexibility index (Phi) is 4.80. The molecule has 0 bridgehead atoms. The van der Waals surface area contributed by atoms with E-state index in [1.807, 2.05) is 20.8 Å². The first-order valence-corrected chi connectivity index (χ1v) is 9.02. The van der Waals surface area contributed by atoms with Gasteiger partial charge in [0.05, 0.1) is 10.1 Å². The molecule has 1 amide bonds. The summed E-state index contributed by atoms with van der Waals surface area (Å²) in [4.78, 5) is 13.9. The molecule has 122 valence electrons. The first-order chi connectivity index (χ1) is 10.2. The number of ether oxygens (including phenoxy) is 1. The van der Waals surface area contributed by atoms with Crippen LogP contribution >= 0.6 is 0 Å². The zero-order valence-electron chi connectivity index (χ0n) is 13.3. The van der Waals surface area contributed by atoms with Crippen molar-refractivity contribution in [1.82, 2.24) is 4.90 Å². The highest BCUT2D eigenvalue weighted by Crippen LogP contribution is 2.25. The van der Waals surface area contributed by atoms with Gasteiger partial charge in [-0.3, -0.25) is 0 Å². The van der Waals surface area contributed by atoms with Gasteiger partial charge in [-0.05, 0) is 45.7 Å². The Bertz CT molecular complexity index is 611. The minimum Gasteiger partial charge on any atom is -0.444 e. The van der Waals surface area contributed by atoms with Gasteiger partial charge in [-0.2, -0.15) is 0 Å². The Labute approximate surface area is 132 Å². The van der Waals surface area contributed by atoms with E-state index in [1.165, 1.54) is 0 Å². The van der Waals surface area contributed by atoms with Crippen LogP contribution in [-0.4, -0.2) is 43.4 Å². The van der Waals surface area contributed by atoms with Gasteiger partial charge in [0, 0.05) is 13.1 Å². The lowest BCUT2D eigenvalue weighted by molar-refractivity contribution is 0.0217. The van der Waals surface area contributed by atoms with Gasteiger partial charge in [0.15, 0.2) is 9.84 Å². The third-order valence-electron chi connectivity index (χ3n) is 3.60. The van der Waals surface area contributed by atoms with E-state index in [0.717, 1.165) is 0 Å². The number of benzene rings is 1. The van der Waals surface area contributed by atoms with Crippen molar-refractivity contribution in [1.29, 1.82) is 0 Å². The monoisotopic (exact) mass is 325 g/mol. The van der Waals surface area contributed by atoms with Crippen LogP contribution in [0.25, 0.3) is 0 Å². The fourth-order valence-electron chi connectivity index (χ4n) is 2.48. The zero-order valence-corrected chi connectivity index (χ0v) is 14.1. The maximum Gasteiger partial charge on any atom is 0.410 e. The number of likely N-dealkylation sites (tertiary alicyclic amines) is 1. The third-order valence-corrected chi connectivity index (χ3v) is 5.88. The first kappa shape index (κ1) is 16.8. The smallest absolute Gasteiger partial charge is 0.410 e. The number of nitrogens with zero attached hydrogens (tertiary/aromatic N) is 1. The van der Waals surface area contributed by atoms with Crippen LogP contribution in [0.3, 0.4) is 0 Å². The highest BCUT2D eigenvalue weighted by atomic mass is 32.2. The molecule has 1 aromatic carbocycles. The van der Waals surface area contributed by atoms with Crippen molar-refractivity contribution < 1.29 is 17.9 Å². The van der Waals surface area contributed by atoms with Crippen molar-refractivity contribution in [2.24, 2.45) is 0 Å². The van der Waals surface area contributed by atoms with Crippen molar-refractivity contribution in [3.63, 3.8) is 0 Å². The average molecular weight is 325 g/mol. The van der Waals surface area contributed by atoms with Crippen molar-refractivity contribution >= 4 is 15.9 Å². The summed E-state index contributed by atoms with van der Waals surface area (Å²) >= 11 is 0. The lowest BCUT2D eigenvalue weighted by atomic mass is 10.1. The molecule has 1 fully saturated rings. The second-order valence-electron chi connectivity index (χ2n) is 6.52. The summed E-state index contributed by atoms with van der Waals surface area (Å²) in [7, 11) is -3.33. The summed E-state index contributed by atoms with van der Waals surface area (Å²) in [6.07, 6.45) is 0.510. The highest BCUT2D eigenvalue weighted by molar-refractivity contribution is 7.92. The Morgan fingerprint density at radius 1 is 1.14 bits per heavy atom. The fraction of sp³-hybridized carbons (Fsp3) is 0.562. The molecule has 0 saturated carbocycles. The number of carbonyl (C=O) groups excluding carboxylic acids is 1. The Morgan fingerprint density at radius 3 is 2.18 bits per heavy atom. The molecule has 22 heavy (non-hydrogen) atoms. The lowest BCUT2D eigenvalue weighted by Gasteiger charge is -2.33. The Morgan fingerprint density at radius 2 is 1.68 bits per heavy atom. The summed E-state index contributed by atoms with van der Waals surface area (Å²) in [5, 5.41) is -0.436. The van der Waals surface area contributed by atoms with E-state index in [1.54, 1.807) is 35.2 Å². The number of amides is 1. The zero-order chi connectivity index (χ0) is 16.4. The van der Waals surface area contributed by atoms with E-state index in [-0.39, 0.29) is 6.09 Å². The van der Waals surface area contributed by atoms with Gasteiger partial charge in [-0.25, -0.2) is 13.2 Å². The minimum absolute atomic E-state index is 0.353. The summed E-state index contributed by atoms with van der Waals surface area (Å²) < 4.78 is 30.4. The van der Waals surface area contributed by atoms with Crippen LogP contribution in [0.1, 0.15) is 33.6 Å². The van der Waals surface area contributed by atoms with Gasteiger partial charge in [-0.15, -0.1) is 0 Å². The number of hydrogen-bond acceptors (Lipinski definition) is 4. The number of rotatable bonds is 2. The van der Waals surface area contributed by atoms with E-state index in [4.69, 9.17) is 4.74 Å². The number of carbonyl (C=O) groups is 1. The first-order valence-electron chi connectivity index (χ1n) is 7.47. The van der Waals surface area contributed by atoms with Crippen LogP contribution < -0.4 is 0 Å². The van der Waals surface area contributed by atoms with Crippen LogP contribution in [0.4, 0.5) is 4.79 Å². The van der Waals surface area contributed by atoms with Crippen LogP contribution in [0.15, 0.2) is 35.2 Å². The van der Waals surface area contributed by atoms with Crippen molar-refractivity contribution in [3.8, 4) is 0 Å². The molecular formula is C16H23NO4S. The largest absolute Gasteiger partial charge is 0.444 e. The van der Waals surface area contributed by atoms with Gasteiger partial charge in [-0.1, -0.05) is 18.2 Å². The highest BCUT2D eigenvalue weighted by Gasteiger charge is 2.33. The topological polar surface area (TPSA) is 63.7 Å². The molecule has 1 saturated heterocycles. The Balaban J connectivity index is 1.99. The molecule has 1 aromatic rings. The molecule has 1 aliphatic rings. The quantitative estimate of drug-likeness (QED) is 0.839. The molecule has 1 heterocycles. The molecule has 6 heteroatoms. The maximum absolute atomic E-state index is 12.6. The van der Waals surface area contributed by atoms with Crippen LogP contribution in [0.5, 0.6) is 0 Å². The van der Waals surface area contributed by atoms with E-state index in [2.05, 4.69) is 0 Å². The summed E-state index contributed by atoms with van der Waals surface area (Å²) in [5.41, 5.74) is -0.538. The predicted molar refractivity (Wildman–Crippen MR) is 84.5 cm³/mol. The SMILES string of the molecule is CC(C)(C)OC(=O)N1CCC(S(=O)(=O)c2ccccc2)CC1. The van der Waals surface area contributed by atoms with E-state index >= 15 is 0 Å². The molecule has 0 radical (unpaired) electrons. The average Bonchev–Trinajstić information content (AvgIpc) is 2.46. The minimum atomic E-state index is -3.33. The predicted octanol–water partition coefficient (Wildman–Crippen LogP) is 2.86. The van der Waals surface area contributed by atoms with E-state index in [9.17, 15) is 13.2 Å². The summed E-state index contributed by atoms with van der Waals surface area (Å²) in [5.74, 6) is 0. The van der Waals surface area contributed by atoms with Crippen molar-refractivity contribution in [3.05, 3.63) is 30.3 Å². The normalized spacial score (nSPS) is 17.3. The second kappa shape index (κ2) is 6.28. The van der Waals surface area contributed by atoms with Gasteiger partial charge >= 0.3 is 6.09 Å². The molecule has 5 nitrogen and oxygen atoms in total. The summed E-state index contributed by atoms with van der Waals surface area (Å²) in [6.45, 7) is 6.27. The molecule has 0 N–H and O–H groups in total. The van der Waals surface area contributed by atoms with Crippen LogP contribution in [-0.2, 0) is 14.6 Å². The number of sulfone groups is 1. The van der Waals surface area contributed by atoms with Crippen LogP contribution in [0.2, 0.25) is 0 Å². The standard InChI is InChI=1S/C16H23NO4S/c1-16(2,3)21-15(18)17-11-9-14(10-12-17)22(19,20)13-7-5-4-6-8-13/h4-8,14H,9-12H2,1-3H3. The van der Waals surface area contributed by atoms with Gasteiger partial charge in [0.2, 0.25) is 0 Å². The fourth-order valence-corrected chi connectivity index (χ4v) is 4.23. The lowest BCUT2D eigenvalue weighted by Crippen LogP contribution is -2.44.